The summed E-state index contributed by atoms with van der Waals surface area (Å²) in [4.78, 5) is 51.2. The Morgan fingerprint density at radius 2 is 1.06 bits per heavy atom. The molecule has 2 saturated carbocycles. The summed E-state index contributed by atoms with van der Waals surface area (Å²) in [7, 11) is 0. The number of fused-ring (bicyclic) bond motifs is 2. The molecule has 4 amide bonds. The fraction of sp³-hybridized carbons (Fsp3) is 0.545. The maximum absolute atomic E-state index is 13.1. The van der Waals surface area contributed by atoms with Crippen LogP contribution < -0.4 is 22.9 Å². The van der Waals surface area contributed by atoms with Crippen LogP contribution in [-0.4, -0.2) is 48.0 Å². The van der Waals surface area contributed by atoms with Gasteiger partial charge in [-0.15, -0.1) is 0 Å². The van der Waals surface area contributed by atoms with Crippen LogP contribution in [-0.2, 0) is 39.5 Å². The van der Waals surface area contributed by atoms with Crippen LogP contribution in [0.5, 0.6) is 0 Å². The lowest BCUT2D eigenvalue weighted by Gasteiger charge is -2.45. The minimum Gasteiger partial charge on any atom is -0.370 e. The Morgan fingerprint density at radius 1 is 0.688 bits per heavy atom. The van der Waals surface area contributed by atoms with Crippen LogP contribution in [0.25, 0.3) is 0 Å². The van der Waals surface area contributed by atoms with Gasteiger partial charge in [0.05, 0.1) is 47.1 Å². The SMILES string of the molecule is NC(=O)C1CC2OC2CC1(C(N)=O)c1ccccc1C1(C(N)=O)CC2OC2CC1C(N)=O. The molecule has 0 bridgehead atoms. The average Bonchev–Trinajstić information content (AvgIpc) is 3.65. The highest BCUT2D eigenvalue weighted by Crippen LogP contribution is 2.57. The van der Waals surface area contributed by atoms with Crippen molar-refractivity contribution in [2.24, 2.45) is 34.8 Å². The number of epoxide rings is 2. The van der Waals surface area contributed by atoms with E-state index in [0.717, 1.165) is 0 Å². The lowest BCUT2D eigenvalue weighted by molar-refractivity contribution is -0.136. The third kappa shape index (κ3) is 2.72. The van der Waals surface area contributed by atoms with Crippen molar-refractivity contribution in [3.8, 4) is 0 Å². The van der Waals surface area contributed by atoms with Gasteiger partial charge in [0.2, 0.25) is 23.6 Å². The van der Waals surface area contributed by atoms with Crippen molar-refractivity contribution >= 4 is 23.6 Å². The summed E-state index contributed by atoms with van der Waals surface area (Å²) in [6.07, 6.45) is -0.0269. The summed E-state index contributed by atoms with van der Waals surface area (Å²) in [5, 5.41) is 0. The van der Waals surface area contributed by atoms with E-state index >= 15 is 0 Å². The van der Waals surface area contributed by atoms with Crippen molar-refractivity contribution in [1.82, 2.24) is 0 Å². The normalized spacial score (nSPS) is 41.6. The van der Waals surface area contributed by atoms with Gasteiger partial charge in [-0.2, -0.15) is 0 Å². The maximum atomic E-state index is 13.1. The maximum Gasteiger partial charge on any atom is 0.229 e. The molecule has 8 unspecified atom stereocenters. The quantitative estimate of drug-likeness (QED) is 0.385. The highest BCUT2D eigenvalue weighted by molar-refractivity contribution is 5.98. The molecule has 0 radical (unpaired) electrons. The van der Waals surface area contributed by atoms with Gasteiger partial charge in [-0.05, 0) is 36.8 Å². The monoisotopic (exact) mass is 442 g/mol. The van der Waals surface area contributed by atoms with Crippen molar-refractivity contribution < 1.29 is 28.7 Å². The molecule has 4 fully saturated rings. The molecule has 2 aliphatic carbocycles. The molecule has 2 saturated heterocycles. The van der Waals surface area contributed by atoms with Gasteiger partial charge in [0.15, 0.2) is 0 Å². The number of amides is 4. The fourth-order valence-electron chi connectivity index (χ4n) is 6.30. The predicted octanol–water partition coefficient (Wildman–Crippen LogP) is -1.54. The molecule has 0 spiro atoms. The Bertz CT molecular complexity index is 964. The number of carbonyl (C=O) groups is 4. The van der Waals surface area contributed by atoms with Crippen LogP contribution in [0.3, 0.4) is 0 Å². The van der Waals surface area contributed by atoms with E-state index in [9.17, 15) is 19.2 Å². The smallest absolute Gasteiger partial charge is 0.229 e. The first-order valence-corrected chi connectivity index (χ1v) is 10.7. The van der Waals surface area contributed by atoms with Crippen LogP contribution in [0.1, 0.15) is 36.8 Å². The van der Waals surface area contributed by atoms with E-state index < -0.39 is 46.3 Å². The fourth-order valence-corrected chi connectivity index (χ4v) is 6.30. The van der Waals surface area contributed by atoms with E-state index in [1.807, 2.05) is 0 Å². The number of hydrogen-bond donors (Lipinski definition) is 4. The molecule has 32 heavy (non-hydrogen) atoms. The first kappa shape index (κ1) is 20.9. The van der Waals surface area contributed by atoms with Gasteiger partial charge in [-0.3, -0.25) is 19.2 Å². The Kier molecular flexibility index (Phi) is 4.41. The van der Waals surface area contributed by atoms with Gasteiger partial charge in [0, 0.05) is 0 Å². The summed E-state index contributed by atoms with van der Waals surface area (Å²) in [6.45, 7) is 0. The van der Waals surface area contributed by atoms with Crippen LogP contribution in [0.4, 0.5) is 0 Å². The van der Waals surface area contributed by atoms with Crippen LogP contribution in [0, 0.1) is 11.8 Å². The second kappa shape index (κ2) is 6.76. The van der Waals surface area contributed by atoms with E-state index in [1.54, 1.807) is 24.3 Å². The molecule has 5 rings (SSSR count). The minimum absolute atomic E-state index is 0.149. The van der Waals surface area contributed by atoms with Gasteiger partial charge in [-0.25, -0.2) is 0 Å². The highest BCUT2D eigenvalue weighted by atomic mass is 16.6. The zero-order valence-corrected chi connectivity index (χ0v) is 17.4. The molecule has 8 N–H and O–H groups in total. The average molecular weight is 442 g/mol. The zero-order chi connectivity index (χ0) is 23.0. The van der Waals surface area contributed by atoms with Crippen molar-refractivity contribution in [3.05, 3.63) is 35.4 Å². The lowest BCUT2D eigenvalue weighted by atomic mass is 9.55. The minimum atomic E-state index is -1.51. The molecule has 2 heterocycles. The standard InChI is InChI=1S/C22H26N4O6/c23-17(27)11-5-13-15(31-13)7-21(11,19(25)29)9-3-1-2-4-10(9)22(20(26)30)8-16-14(32-16)6-12(22)18(24)28/h1-4,11-16H,5-8H2,(H2,23,27)(H2,24,28)(H2,25,29)(H2,26,30). The van der Waals surface area contributed by atoms with E-state index in [4.69, 9.17) is 32.4 Å². The summed E-state index contributed by atoms with van der Waals surface area (Å²) < 4.78 is 11.2. The molecule has 0 aromatic heterocycles. The molecule has 170 valence electrons. The third-order valence-corrected chi connectivity index (χ3v) is 8.00. The number of hydrogen-bond acceptors (Lipinski definition) is 6. The Labute approximate surface area is 183 Å². The Morgan fingerprint density at radius 3 is 1.38 bits per heavy atom. The van der Waals surface area contributed by atoms with Crippen LogP contribution in [0.15, 0.2) is 24.3 Å². The number of benzene rings is 1. The number of primary amides is 4. The molecule has 10 heteroatoms. The Hall–Kier alpha value is -2.98. The summed E-state index contributed by atoms with van der Waals surface area (Å²) in [6, 6.07) is 6.69. The summed E-state index contributed by atoms with van der Waals surface area (Å²) in [5.74, 6) is -4.71. The first-order chi connectivity index (χ1) is 15.1. The summed E-state index contributed by atoms with van der Waals surface area (Å²) >= 11 is 0. The topological polar surface area (TPSA) is 197 Å². The van der Waals surface area contributed by atoms with Crippen molar-refractivity contribution in [3.63, 3.8) is 0 Å². The molecule has 1 aromatic rings. The largest absolute Gasteiger partial charge is 0.370 e. The van der Waals surface area contributed by atoms with Gasteiger partial charge >= 0.3 is 0 Å². The zero-order valence-electron chi connectivity index (χ0n) is 17.4. The van der Waals surface area contributed by atoms with Crippen molar-refractivity contribution in [2.45, 2.75) is 60.9 Å². The van der Waals surface area contributed by atoms with Crippen LogP contribution in [0.2, 0.25) is 0 Å². The number of ether oxygens (including phenoxy) is 2. The van der Waals surface area contributed by atoms with E-state index in [0.29, 0.717) is 11.1 Å². The molecule has 8 atom stereocenters. The number of rotatable bonds is 6. The van der Waals surface area contributed by atoms with Gasteiger partial charge in [-0.1, -0.05) is 24.3 Å². The van der Waals surface area contributed by atoms with Gasteiger partial charge in [0.1, 0.15) is 0 Å². The van der Waals surface area contributed by atoms with E-state index in [-0.39, 0.29) is 50.1 Å². The molecular formula is C22H26N4O6. The van der Waals surface area contributed by atoms with Gasteiger partial charge < -0.3 is 32.4 Å². The third-order valence-electron chi connectivity index (χ3n) is 8.00. The molecule has 2 aliphatic heterocycles. The number of carbonyl (C=O) groups excluding carboxylic acids is 4. The highest BCUT2D eigenvalue weighted by Gasteiger charge is 2.65. The summed E-state index contributed by atoms with van der Waals surface area (Å²) in [5.41, 5.74) is 21.1. The first-order valence-electron chi connectivity index (χ1n) is 10.7. The lowest BCUT2D eigenvalue weighted by Crippen LogP contribution is -2.59. The molecule has 1 aromatic carbocycles. The van der Waals surface area contributed by atoms with E-state index in [1.165, 1.54) is 0 Å². The number of nitrogens with two attached hydrogens (primary N) is 4. The predicted molar refractivity (Wildman–Crippen MR) is 109 cm³/mol. The molecule has 4 aliphatic rings. The van der Waals surface area contributed by atoms with Gasteiger partial charge in [0.25, 0.3) is 0 Å². The van der Waals surface area contributed by atoms with Crippen molar-refractivity contribution in [2.75, 3.05) is 0 Å². The van der Waals surface area contributed by atoms with Crippen LogP contribution >= 0.6 is 0 Å². The second-order valence-electron chi connectivity index (χ2n) is 9.43. The molecular weight excluding hydrogens is 416 g/mol. The Balaban J connectivity index is 1.75. The van der Waals surface area contributed by atoms with E-state index in [2.05, 4.69) is 0 Å². The van der Waals surface area contributed by atoms with Crippen molar-refractivity contribution in [1.29, 1.82) is 0 Å². The second-order valence-corrected chi connectivity index (χ2v) is 9.43. The molecule has 10 nitrogen and oxygen atoms in total.